The monoisotopic (exact) mass is 321 g/mol. The van der Waals surface area contributed by atoms with Gasteiger partial charge in [0.05, 0.1) is 6.04 Å². The molecule has 1 aromatic carbocycles. The molecule has 1 amide bonds. The van der Waals surface area contributed by atoms with Crippen LogP contribution in [0.2, 0.25) is 0 Å². The van der Waals surface area contributed by atoms with E-state index in [0.29, 0.717) is 5.78 Å². The SMILES string of the molecule is Cc1cc(C)n2nc(C(=O)N[C@H]3CCCc4ccccc43)nc2n1. The van der Waals surface area contributed by atoms with E-state index in [-0.39, 0.29) is 17.8 Å². The Labute approximate surface area is 139 Å². The zero-order chi connectivity index (χ0) is 16.7. The van der Waals surface area contributed by atoms with E-state index < -0.39 is 0 Å². The van der Waals surface area contributed by atoms with E-state index in [2.05, 4.69) is 32.5 Å². The molecule has 0 bridgehead atoms. The summed E-state index contributed by atoms with van der Waals surface area (Å²) in [5, 5.41) is 7.39. The van der Waals surface area contributed by atoms with Crippen molar-refractivity contribution >= 4 is 11.7 Å². The van der Waals surface area contributed by atoms with Gasteiger partial charge in [-0.15, -0.1) is 5.10 Å². The standard InChI is InChI=1S/C18H19N5O/c1-11-10-12(2)23-18(19-11)21-16(22-23)17(24)20-15-9-5-7-13-6-3-4-8-14(13)15/h3-4,6,8,10,15H,5,7,9H2,1-2H3,(H,20,24)/t15-/m0/s1. The highest BCUT2D eigenvalue weighted by Gasteiger charge is 2.24. The quantitative estimate of drug-likeness (QED) is 0.787. The number of benzene rings is 1. The first kappa shape index (κ1) is 14.8. The molecule has 0 aliphatic heterocycles. The lowest BCUT2D eigenvalue weighted by molar-refractivity contribution is 0.0922. The van der Waals surface area contributed by atoms with Crippen LogP contribution >= 0.6 is 0 Å². The summed E-state index contributed by atoms with van der Waals surface area (Å²) in [6.07, 6.45) is 3.07. The predicted molar refractivity (Wildman–Crippen MR) is 89.8 cm³/mol. The number of hydrogen-bond donors (Lipinski definition) is 1. The minimum Gasteiger partial charge on any atom is -0.342 e. The number of aromatic nitrogens is 4. The number of carbonyl (C=O) groups is 1. The van der Waals surface area contributed by atoms with Gasteiger partial charge < -0.3 is 5.32 Å². The second kappa shape index (κ2) is 5.70. The van der Waals surface area contributed by atoms with Crippen LogP contribution in [0, 0.1) is 13.8 Å². The van der Waals surface area contributed by atoms with Crippen LogP contribution in [0.25, 0.3) is 5.78 Å². The number of amides is 1. The van der Waals surface area contributed by atoms with Gasteiger partial charge in [-0.05, 0) is 50.3 Å². The normalized spacial score (nSPS) is 16.8. The first-order chi connectivity index (χ1) is 11.6. The molecule has 2 heterocycles. The molecule has 4 rings (SSSR count). The minimum atomic E-state index is -0.251. The Bertz CT molecular complexity index is 930. The summed E-state index contributed by atoms with van der Waals surface area (Å²) >= 11 is 0. The maximum Gasteiger partial charge on any atom is 0.291 e. The van der Waals surface area contributed by atoms with Crippen LogP contribution in [0.1, 0.15) is 52.0 Å². The Balaban J connectivity index is 1.62. The maximum absolute atomic E-state index is 12.6. The van der Waals surface area contributed by atoms with Crippen molar-refractivity contribution in [1.29, 1.82) is 0 Å². The number of hydrogen-bond acceptors (Lipinski definition) is 4. The van der Waals surface area contributed by atoms with Gasteiger partial charge in [0.1, 0.15) is 0 Å². The van der Waals surface area contributed by atoms with Crippen molar-refractivity contribution in [3.63, 3.8) is 0 Å². The van der Waals surface area contributed by atoms with Crippen LogP contribution in [0.3, 0.4) is 0 Å². The Morgan fingerprint density at radius 3 is 2.96 bits per heavy atom. The third-order valence-corrected chi connectivity index (χ3v) is 4.50. The van der Waals surface area contributed by atoms with Gasteiger partial charge in [-0.1, -0.05) is 24.3 Å². The summed E-state index contributed by atoms with van der Waals surface area (Å²) < 4.78 is 1.61. The molecule has 6 heteroatoms. The molecule has 6 nitrogen and oxygen atoms in total. The van der Waals surface area contributed by atoms with Crippen molar-refractivity contribution in [3.05, 3.63) is 58.7 Å². The molecule has 0 fully saturated rings. The van der Waals surface area contributed by atoms with Crippen molar-refractivity contribution in [2.45, 2.75) is 39.2 Å². The molecular weight excluding hydrogens is 302 g/mol. The fraction of sp³-hybridized carbons (Fsp3) is 0.333. The van der Waals surface area contributed by atoms with E-state index >= 15 is 0 Å². The molecule has 0 radical (unpaired) electrons. The summed E-state index contributed by atoms with van der Waals surface area (Å²) in [7, 11) is 0. The Hall–Kier alpha value is -2.76. The number of rotatable bonds is 2. The van der Waals surface area contributed by atoms with Gasteiger partial charge in [0.2, 0.25) is 5.82 Å². The molecule has 0 spiro atoms. The Morgan fingerprint density at radius 1 is 1.25 bits per heavy atom. The van der Waals surface area contributed by atoms with Gasteiger partial charge in [0, 0.05) is 11.4 Å². The van der Waals surface area contributed by atoms with Crippen molar-refractivity contribution < 1.29 is 4.79 Å². The van der Waals surface area contributed by atoms with Gasteiger partial charge in [-0.25, -0.2) is 9.50 Å². The second-order valence-corrected chi connectivity index (χ2v) is 6.30. The average Bonchev–Trinajstić information content (AvgIpc) is 3.00. The topological polar surface area (TPSA) is 72.2 Å². The molecule has 0 saturated heterocycles. The zero-order valence-corrected chi connectivity index (χ0v) is 13.8. The highest BCUT2D eigenvalue weighted by atomic mass is 16.2. The lowest BCUT2D eigenvalue weighted by atomic mass is 9.88. The summed E-state index contributed by atoms with van der Waals surface area (Å²) in [5.41, 5.74) is 4.28. The first-order valence-electron chi connectivity index (χ1n) is 8.21. The molecule has 1 N–H and O–H groups in total. The minimum absolute atomic E-state index is 0.0184. The summed E-state index contributed by atoms with van der Waals surface area (Å²) in [4.78, 5) is 21.2. The fourth-order valence-electron chi connectivity index (χ4n) is 3.39. The lowest BCUT2D eigenvalue weighted by Gasteiger charge is -2.25. The van der Waals surface area contributed by atoms with Crippen LogP contribution in [0.4, 0.5) is 0 Å². The molecule has 0 saturated carbocycles. The van der Waals surface area contributed by atoms with E-state index in [4.69, 9.17) is 0 Å². The molecule has 122 valence electrons. The zero-order valence-electron chi connectivity index (χ0n) is 13.8. The van der Waals surface area contributed by atoms with E-state index in [1.165, 1.54) is 11.1 Å². The van der Waals surface area contributed by atoms with Crippen LogP contribution in [0.5, 0.6) is 0 Å². The fourth-order valence-corrected chi connectivity index (χ4v) is 3.39. The van der Waals surface area contributed by atoms with E-state index in [9.17, 15) is 4.79 Å². The second-order valence-electron chi connectivity index (χ2n) is 6.30. The van der Waals surface area contributed by atoms with Crippen LogP contribution < -0.4 is 5.32 Å². The molecular formula is C18H19N5O. The third kappa shape index (κ3) is 2.54. The van der Waals surface area contributed by atoms with Crippen LogP contribution in [0.15, 0.2) is 30.3 Å². The third-order valence-electron chi connectivity index (χ3n) is 4.50. The molecule has 2 aromatic heterocycles. The van der Waals surface area contributed by atoms with Crippen LogP contribution in [-0.2, 0) is 6.42 Å². The van der Waals surface area contributed by atoms with Gasteiger partial charge >= 0.3 is 0 Å². The smallest absolute Gasteiger partial charge is 0.291 e. The van der Waals surface area contributed by atoms with E-state index in [1.54, 1.807) is 4.52 Å². The Kier molecular flexibility index (Phi) is 3.52. The van der Waals surface area contributed by atoms with Gasteiger partial charge in [-0.2, -0.15) is 4.98 Å². The largest absolute Gasteiger partial charge is 0.342 e. The number of carbonyl (C=O) groups excluding carboxylic acids is 1. The summed E-state index contributed by atoms with van der Waals surface area (Å²) in [6.45, 7) is 3.83. The predicted octanol–water partition coefficient (Wildman–Crippen LogP) is 2.55. The highest BCUT2D eigenvalue weighted by molar-refractivity contribution is 5.91. The number of aryl methyl sites for hydroxylation is 3. The molecule has 3 aromatic rings. The first-order valence-corrected chi connectivity index (χ1v) is 8.21. The molecule has 24 heavy (non-hydrogen) atoms. The van der Waals surface area contributed by atoms with Crippen molar-refractivity contribution in [3.8, 4) is 0 Å². The lowest BCUT2D eigenvalue weighted by Crippen LogP contribution is -2.31. The molecule has 1 aliphatic rings. The number of nitrogens with zero attached hydrogens (tertiary/aromatic N) is 4. The number of fused-ring (bicyclic) bond motifs is 2. The van der Waals surface area contributed by atoms with Gasteiger partial charge in [-0.3, -0.25) is 4.79 Å². The van der Waals surface area contributed by atoms with Crippen molar-refractivity contribution in [1.82, 2.24) is 24.9 Å². The van der Waals surface area contributed by atoms with Crippen molar-refractivity contribution in [2.24, 2.45) is 0 Å². The van der Waals surface area contributed by atoms with Gasteiger partial charge in [0.15, 0.2) is 0 Å². The maximum atomic E-state index is 12.6. The van der Waals surface area contributed by atoms with E-state index in [0.717, 1.165) is 30.7 Å². The summed E-state index contributed by atoms with van der Waals surface area (Å²) in [6, 6.07) is 10.2. The Morgan fingerprint density at radius 2 is 2.08 bits per heavy atom. The number of nitrogens with one attached hydrogen (secondary N) is 1. The average molecular weight is 321 g/mol. The molecule has 1 atom stereocenters. The van der Waals surface area contributed by atoms with Crippen LogP contribution in [-0.4, -0.2) is 25.5 Å². The summed E-state index contributed by atoms with van der Waals surface area (Å²) in [5.74, 6) is 0.375. The van der Waals surface area contributed by atoms with Crippen molar-refractivity contribution in [2.75, 3.05) is 0 Å². The molecule has 0 unspecified atom stereocenters. The highest BCUT2D eigenvalue weighted by Crippen LogP contribution is 2.29. The van der Waals surface area contributed by atoms with E-state index in [1.807, 2.05) is 32.0 Å². The molecule has 1 aliphatic carbocycles. The van der Waals surface area contributed by atoms with Gasteiger partial charge in [0.25, 0.3) is 11.7 Å².